The fraction of sp³-hybridized carbons (Fsp3) is 0.500. The molecule has 0 saturated heterocycles. The lowest BCUT2D eigenvalue weighted by atomic mass is 10.3. The van der Waals surface area contributed by atoms with Crippen molar-refractivity contribution in [1.29, 1.82) is 0 Å². The van der Waals surface area contributed by atoms with Crippen LogP contribution in [0.1, 0.15) is 30.2 Å². The van der Waals surface area contributed by atoms with Gasteiger partial charge in [-0.05, 0) is 26.8 Å². The van der Waals surface area contributed by atoms with Crippen molar-refractivity contribution in [2.24, 2.45) is 7.05 Å². The van der Waals surface area contributed by atoms with Crippen molar-refractivity contribution < 1.29 is 4.79 Å². The second kappa shape index (κ2) is 5.21. The van der Waals surface area contributed by atoms with E-state index in [2.05, 4.69) is 20.6 Å². The van der Waals surface area contributed by atoms with Crippen LogP contribution in [0.4, 0.5) is 0 Å². The lowest BCUT2D eigenvalue weighted by Crippen LogP contribution is -2.32. The highest BCUT2D eigenvalue weighted by atomic mass is 16.2. The molecule has 7 heteroatoms. The molecule has 0 aliphatic carbocycles. The maximum atomic E-state index is 12.0. The molecule has 1 amide bonds. The van der Waals surface area contributed by atoms with Crippen LogP contribution in [0.25, 0.3) is 0 Å². The third-order valence-corrected chi connectivity index (χ3v) is 2.91. The highest BCUT2D eigenvalue weighted by Gasteiger charge is 2.15. The molecule has 0 spiro atoms. The molecule has 0 radical (unpaired) electrons. The number of aromatic nitrogens is 5. The van der Waals surface area contributed by atoms with Gasteiger partial charge in [0.05, 0.1) is 11.7 Å². The van der Waals surface area contributed by atoms with E-state index in [1.165, 1.54) is 0 Å². The number of amides is 1. The van der Waals surface area contributed by atoms with Crippen molar-refractivity contribution in [3.8, 4) is 0 Å². The van der Waals surface area contributed by atoms with E-state index in [0.717, 1.165) is 17.2 Å². The van der Waals surface area contributed by atoms with Crippen molar-refractivity contribution in [2.75, 3.05) is 0 Å². The van der Waals surface area contributed by atoms with E-state index in [9.17, 15) is 4.79 Å². The SMILES string of the molecule is Cc1cc(C)n(CC(=O)N[C@@H](C)c2nncn2C)n1. The predicted octanol–water partition coefficient (Wildman–Crippen LogP) is 0.506. The number of rotatable bonds is 4. The smallest absolute Gasteiger partial charge is 0.242 e. The minimum atomic E-state index is -0.183. The summed E-state index contributed by atoms with van der Waals surface area (Å²) in [7, 11) is 1.85. The molecule has 0 fully saturated rings. The molecule has 2 aromatic rings. The lowest BCUT2D eigenvalue weighted by molar-refractivity contribution is -0.122. The minimum absolute atomic E-state index is 0.0956. The van der Waals surface area contributed by atoms with Gasteiger partial charge in [-0.3, -0.25) is 9.48 Å². The van der Waals surface area contributed by atoms with E-state index < -0.39 is 0 Å². The van der Waals surface area contributed by atoms with Crippen LogP contribution in [0.3, 0.4) is 0 Å². The van der Waals surface area contributed by atoms with Gasteiger partial charge < -0.3 is 9.88 Å². The summed E-state index contributed by atoms with van der Waals surface area (Å²) >= 11 is 0. The summed E-state index contributed by atoms with van der Waals surface area (Å²) in [4.78, 5) is 12.0. The molecule has 19 heavy (non-hydrogen) atoms. The van der Waals surface area contributed by atoms with Crippen LogP contribution in [-0.2, 0) is 18.4 Å². The van der Waals surface area contributed by atoms with E-state index in [-0.39, 0.29) is 18.5 Å². The number of hydrogen-bond donors (Lipinski definition) is 1. The largest absolute Gasteiger partial charge is 0.345 e. The molecule has 7 nitrogen and oxygen atoms in total. The molecule has 0 aromatic carbocycles. The van der Waals surface area contributed by atoms with Gasteiger partial charge in [0, 0.05) is 12.7 Å². The molecule has 2 aromatic heterocycles. The van der Waals surface area contributed by atoms with Gasteiger partial charge in [0.2, 0.25) is 5.91 Å². The van der Waals surface area contributed by atoms with Gasteiger partial charge in [-0.15, -0.1) is 10.2 Å². The van der Waals surface area contributed by atoms with Crippen molar-refractivity contribution in [2.45, 2.75) is 33.4 Å². The van der Waals surface area contributed by atoms with Gasteiger partial charge >= 0.3 is 0 Å². The van der Waals surface area contributed by atoms with Gasteiger partial charge in [0.25, 0.3) is 0 Å². The molecule has 1 atom stereocenters. The zero-order valence-electron chi connectivity index (χ0n) is 11.6. The number of hydrogen-bond acceptors (Lipinski definition) is 4. The molecule has 2 rings (SSSR count). The summed E-state index contributed by atoms with van der Waals surface area (Å²) in [5.41, 5.74) is 1.88. The van der Waals surface area contributed by atoms with Gasteiger partial charge in [0.15, 0.2) is 5.82 Å². The molecule has 102 valence electrons. The molecule has 0 aliphatic heterocycles. The van der Waals surface area contributed by atoms with Crippen LogP contribution in [0.2, 0.25) is 0 Å². The van der Waals surface area contributed by atoms with Gasteiger partial charge in [0.1, 0.15) is 12.9 Å². The Hall–Kier alpha value is -2.18. The first-order valence-corrected chi connectivity index (χ1v) is 6.11. The Labute approximate surface area is 111 Å². The Morgan fingerprint density at radius 3 is 2.74 bits per heavy atom. The first-order valence-electron chi connectivity index (χ1n) is 6.11. The number of carbonyl (C=O) groups is 1. The maximum absolute atomic E-state index is 12.0. The predicted molar refractivity (Wildman–Crippen MR) is 69.3 cm³/mol. The molecule has 0 unspecified atom stereocenters. The van der Waals surface area contributed by atoms with E-state index in [1.54, 1.807) is 15.6 Å². The molecule has 0 bridgehead atoms. The van der Waals surface area contributed by atoms with Crippen LogP contribution >= 0.6 is 0 Å². The Bertz CT molecular complexity index is 585. The van der Waals surface area contributed by atoms with Gasteiger partial charge in [-0.2, -0.15) is 5.10 Å². The second-order valence-electron chi connectivity index (χ2n) is 4.67. The zero-order valence-corrected chi connectivity index (χ0v) is 11.6. The van der Waals surface area contributed by atoms with Crippen LogP contribution in [0.15, 0.2) is 12.4 Å². The Morgan fingerprint density at radius 1 is 1.47 bits per heavy atom. The Kier molecular flexibility index (Phi) is 3.64. The Balaban J connectivity index is 1.98. The van der Waals surface area contributed by atoms with Gasteiger partial charge in [-0.1, -0.05) is 0 Å². The van der Waals surface area contributed by atoms with Crippen molar-refractivity contribution >= 4 is 5.91 Å². The average Bonchev–Trinajstić information content (AvgIpc) is 2.85. The number of aryl methyl sites for hydroxylation is 3. The highest BCUT2D eigenvalue weighted by Crippen LogP contribution is 2.07. The average molecular weight is 262 g/mol. The van der Waals surface area contributed by atoms with Crippen LogP contribution in [-0.4, -0.2) is 30.5 Å². The van der Waals surface area contributed by atoms with Crippen LogP contribution in [0, 0.1) is 13.8 Å². The lowest BCUT2D eigenvalue weighted by Gasteiger charge is -2.13. The molecule has 0 saturated carbocycles. The highest BCUT2D eigenvalue weighted by molar-refractivity contribution is 5.76. The number of nitrogens with one attached hydrogen (secondary N) is 1. The normalized spacial score (nSPS) is 12.4. The standard InChI is InChI=1S/C12H18N6O/c1-8-5-9(2)18(16-8)6-11(19)14-10(3)12-15-13-7-17(12)4/h5,7,10H,6H2,1-4H3,(H,14,19)/t10-/m0/s1. The summed E-state index contributed by atoms with van der Waals surface area (Å²) < 4.78 is 3.47. The fourth-order valence-electron chi connectivity index (χ4n) is 2.01. The number of nitrogens with zero attached hydrogens (tertiary/aromatic N) is 5. The van der Waals surface area contributed by atoms with E-state index in [4.69, 9.17) is 0 Å². The molecule has 0 aliphatic rings. The second-order valence-corrected chi connectivity index (χ2v) is 4.67. The van der Waals surface area contributed by atoms with E-state index in [1.807, 2.05) is 33.9 Å². The van der Waals surface area contributed by atoms with Crippen LogP contribution < -0.4 is 5.32 Å². The molecular formula is C12H18N6O. The maximum Gasteiger partial charge on any atom is 0.242 e. The van der Waals surface area contributed by atoms with Crippen molar-refractivity contribution in [1.82, 2.24) is 29.9 Å². The topological polar surface area (TPSA) is 77.6 Å². The zero-order chi connectivity index (χ0) is 14.0. The third-order valence-electron chi connectivity index (χ3n) is 2.91. The Morgan fingerprint density at radius 2 is 2.21 bits per heavy atom. The fourth-order valence-corrected chi connectivity index (χ4v) is 2.01. The first-order chi connectivity index (χ1) is 8.97. The van der Waals surface area contributed by atoms with Crippen LogP contribution in [0.5, 0.6) is 0 Å². The summed E-state index contributed by atoms with van der Waals surface area (Å²) in [6.45, 7) is 5.92. The number of carbonyl (C=O) groups excluding carboxylic acids is 1. The van der Waals surface area contributed by atoms with E-state index in [0.29, 0.717) is 0 Å². The summed E-state index contributed by atoms with van der Waals surface area (Å²) in [5.74, 6) is 0.628. The quantitative estimate of drug-likeness (QED) is 0.870. The van der Waals surface area contributed by atoms with Crippen molar-refractivity contribution in [3.05, 3.63) is 29.6 Å². The van der Waals surface area contributed by atoms with Gasteiger partial charge in [-0.25, -0.2) is 0 Å². The summed E-state index contributed by atoms with van der Waals surface area (Å²) in [6, 6.07) is 1.76. The minimum Gasteiger partial charge on any atom is -0.345 e. The molecular weight excluding hydrogens is 244 g/mol. The summed E-state index contributed by atoms with van der Waals surface area (Å²) in [5, 5.41) is 14.9. The molecule has 2 heterocycles. The molecule has 1 N–H and O–H groups in total. The van der Waals surface area contributed by atoms with E-state index >= 15 is 0 Å². The van der Waals surface area contributed by atoms with Crippen molar-refractivity contribution in [3.63, 3.8) is 0 Å². The third kappa shape index (κ3) is 2.98. The first kappa shape index (κ1) is 13.3. The monoisotopic (exact) mass is 262 g/mol. The summed E-state index contributed by atoms with van der Waals surface area (Å²) in [6.07, 6.45) is 1.61.